The number of fused-ring (bicyclic) bond motifs is 1. The van der Waals surface area contributed by atoms with Gasteiger partial charge in [-0.1, -0.05) is 59.6 Å². The molecule has 0 saturated carbocycles. The van der Waals surface area contributed by atoms with Crippen molar-refractivity contribution >= 4 is 29.2 Å². The summed E-state index contributed by atoms with van der Waals surface area (Å²) in [5.74, 6) is -1.31. The van der Waals surface area contributed by atoms with Crippen molar-refractivity contribution in [2.24, 2.45) is 0 Å². The number of halogens is 1. The second-order valence-corrected chi connectivity index (χ2v) is 10.2. The van der Waals surface area contributed by atoms with Crippen molar-refractivity contribution in [2.75, 3.05) is 18.1 Å². The summed E-state index contributed by atoms with van der Waals surface area (Å²) in [6.45, 7) is 5.81. The molecule has 9 heteroatoms. The van der Waals surface area contributed by atoms with E-state index in [4.69, 9.17) is 16.3 Å². The van der Waals surface area contributed by atoms with Gasteiger partial charge in [0.15, 0.2) is 11.3 Å². The number of amides is 1. The van der Waals surface area contributed by atoms with E-state index in [1.165, 1.54) is 18.1 Å². The lowest BCUT2D eigenvalue weighted by molar-refractivity contribution is -0.144. The highest BCUT2D eigenvalue weighted by atomic mass is 35.5. The SMILES string of the molecule is Cc1ccc(Cn2cncc2CN2CCOc3c(C(=O)NC(C)(C(=O)O)c4ccc(Cl)cc4)cccc32)cc1. The van der Waals surface area contributed by atoms with E-state index in [0.717, 1.165) is 11.4 Å². The first kappa shape index (κ1) is 26.3. The van der Waals surface area contributed by atoms with Gasteiger partial charge in [0, 0.05) is 17.8 Å². The van der Waals surface area contributed by atoms with Gasteiger partial charge in [0.1, 0.15) is 6.61 Å². The van der Waals surface area contributed by atoms with Crippen molar-refractivity contribution in [2.45, 2.75) is 32.5 Å². The maximum absolute atomic E-state index is 13.5. The molecule has 0 aliphatic carbocycles. The molecule has 3 aromatic carbocycles. The van der Waals surface area contributed by atoms with Crippen molar-refractivity contribution in [3.05, 3.63) is 112 Å². The first-order chi connectivity index (χ1) is 18.7. The summed E-state index contributed by atoms with van der Waals surface area (Å²) in [6, 6.07) is 20.1. The maximum atomic E-state index is 13.5. The van der Waals surface area contributed by atoms with Gasteiger partial charge in [-0.3, -0.25) is 4.79 Å². The third-order valence-corrected chi connectivity index (χ3v) is 7.28. The highest BCUT2D eigenvalue weighted by molar-refractivity contribution is 6.30. The number of carbonyl (C=O) groups excluding carboxylic acids is 1. The largest absolute Gasteiger partial charge is 0.489 e. The number of hydrogen-bond acceptors (Lipinski definition) is 5. The van der Waals surface area contributed by atoms with Gasteiger partial charge >= 0.3 is 5.97 Å². The zero-order valence-electron chi connectivity index (χ0n) is 21.7. The Morgan fingerprint density at radius 2 is 1.82 bits per heavy atom. The fraction of sp³-hybridized carbons (Fsp3) is 0.233. The number of anilines is 1. The van der Waals surface area contributed by atoms with Gasteiger partial charge in [0.25, 0.3) is 5.91 Å². The van der Waals surface area contributed by atoms with Crippen LogP contribution < -0.4 is 15.0 Å². The van der Waals surface area contributed by atoms with Crippen molar-refractivity contribution in [3.63, 3.8) is 0 Å². The van der Waals surface area contributed by atoms with Crippen LogP contribution in [0.5, 0.6) is 5.75 Å². The number of nitrogens with one attached hydrogen (secondary N) is 1. The second-order valence-electron chi connectivity index (χ2n) is 9.81. The van der Waals surface area contributed by atoms with E-state index in [1.54, 1.807) is 36.4 Å². The summed E-state index contributed by atoms with van der Waals surface area (Å²) in [6.07, 6.45) is 3.67. The third kappa shape index (κ3) is 5.47. The number of rotatable bonds is 8. The number of carboxylic acids is 1. The number of benzene rings is 3. The number of ether oxygens (including phenoxy) is 1. The fourth-order valence-corrected chi connectivity index (χ4v) is 4.81. The summed E-state index contributed by atoms with van der Waals surface area (Å²) in [5, 5.41) is 13.2. The minimum absolute atomic E-state index is 0.270. The average molecular weight is 545 g/mol. The predicted molar refractivity (Wildman–Crippen MR) is 149 cm³/mol. The van der Waals surface area contributed by atoms with E-state index >= 15 is 0 Å². The Morgan fingerprint density at radius 1 is 1.08 bits per heavy atom. The number of carboxylic acid groups (broad SMARTS) is 1. The smallest absolute Gasteiger partial charge is 0.333 e. The van der Waals surface area contributed by atoms with Crippen LogP contribution in [-0.2, 0) is 23.4 Å². The van der Waals surface area contributed by atoms with Crippen LogP contribution in [0.25, 0.3) is 0 Å². The molecule has 1 aromatic heterocycles. The van der Waals surface area contributed by atoms with Crippen molar-refractivity contribution in [1.82, 2.24) is 14.9 Å². The number of hydrogen-bond donors (Lipinski definition) is 2. The molecule has 5 rings (SSSR count). The molecule has 8 nitrogen and oxygen atoms in total. The zero-order valence-corrected chi connectivity index (χ0v) is 22.5. The Bertz CT molecular complexity index is 1500. The molecule has 0 saturated heterocycles. The molecule has 1 aliphatic heterocycles. The molecule has 200 valence electrons. The lowest BCUT2D eigenvalue weighted by Crippen LogP contribution is -2.49. The number of carbonyl (C=O) groups is 2. The van der Waals surface area contributed by atoms with Gasteiger partial charge in [-0.2, -0.15) is 0 Å². The number of aromatic nitrogens is 2. The molecule has 39 heavy (non-hydrogen) atoms. The molecule has 1 unspecified atom stereocenters. The molecule has 2 heterocycles. The number of para-hydroxylation sites is 1. The van der Waals surface area contributed by atoms with Crippen LogP contribution in [0, 0.1) is 6.92 Å². The lowest BCUT2D eigenvalue weighted by atomic mass is 9.91. The molecule has 2 N–H and O–H groups in total. The number of aryl methyl sites for hydroxylation is 1. The Kier molecular flexibility index (Phi) is 7.30. The van der Waals surface area contributed by atoms with Gasteiger partial charge in [0.2, 0.25) is 0 Å². The lowest BCUT2D eigenvalue weighted by Gasteiger charge is -2.33. The molecule has 4 aromatic rings. The van der Waals surface area contributed by atoms with E-state index in [1.807, 2.05) is 18.6 Å². The summed E-state index contributed by atoms with van der Waals surface area (Å²) in [5.41, 5.74) is 3.20. The minimum Gasteiger partial charge on any atom is -0.489 e. The van der Waals surface area contributed by atoms with Crippen LogP contribution in [0.1, 0.15) is 39.7 Å². The molecule has 1 amide bonds. The van der Waals surface area contributed by atoms with Crippen LogP contribution in [0.3, 0.4) is 0 Å². The third-order valence-electron chi connectivity index (χ3n) is 7.02. The van der Waals surface area contributed by atoms with E-state index in [0.29, 0.717) is 42.6 Å². The second kappa shape index (κ2) is 10.8. The molecule has 0 radical (unpaired) electrons. The van der Waals surface area contributed by atoms with E-state index in [9.17, 15) is 14.7 Å². The van der Waals surface area contributed by atoms with E-state index in [2.05, 4.69) is 51.0 Å². The van der Waals surface area contributed by atoms with Crippen LogP contribution in [0.2, 0.25) is 5.02 Å². The summed E-state index contributed by atoms with van der Waals surface area (Å²) in [4.78, 5) is 32.3. The molecule has 1 aliphatic rings. The normalized spacial score (nSPS) is 14.2. The fourth-order valence-electron chi connectivity index (χ4n) is 4.68. The van der Waals surface area contributed by atoms with E-state index < -0.39 is 17.4 Å². The van der Waals surface area contributed by atoms with Crippen molar-refractivity contribution in [1.29, 1.82) is 0 Å². The average Bonchev–Trinajstić information content (AvgIpc) is 3.36. The Morgan fingerprint density at radius 3 is 2.54 bits per heavy atom. The van der Waals surface area contributed by atoms with Gasteiger partial charge < -0.3 is 24.6 Å². The minimum atomic E-state index is -1.67. The van der Waals surface area contributed by atoms with Crippen LogP contribution in [0.15, 0.2) is 79.3 Å². The predicted octanol–water partition coefficient (Wildman–Crippen LogP) is 5.02. The van der Waals surface area contributed by atoms with Crippen molar-refractivity contribution in [3.8, 4) is 5.75 Å². The molecule has 0 spiro atoms. The topological polar surface area (TPSA) is 96.7 Å². The van der Waals surface area contributed by atoms with Gasteiger partial charge in [0.05, 0.1) is 36.4 Å². The number of nitrogens with zero attached hydrogens (tertiary/aromatic N) is 3. The molecule has 1 atom stereocenters. The highest BCUT2D eigenvalue weighted by Crippen LogP contribution is 2.36. The summed E-state index contributed by atoms with van der Waals surface area (Å²) < 4.78 is 8.08. The molecular formula is C30H29ClN4O4. The zero-order chi connectivity index (χ0) is 27.6. The highest BCUT2D eigenvalue weighted by Gasteiger charge is 2.38. The van der Waals surface area contributed by atoms with Gasteiger partial charge in [-0.25, -0.2) is 9.78 Å². The maximum Gasteiger partial charge on any atom is 0.333 e. The van der Waals surface area contributed by atoms with Crippen LogP contribution in [-0.4, -0.2) is 39.7 Å². The summed E-state index contributed by atoms with van der Waals surface area (Å²) >= 11 is 5.98. The summed E-state index contributed by atoms with van der Waals surface area (Å²) in [7, 11) is 0. The van der Waals surface area contributed by atoms with Crippen molar-refractivity contribution < 1.29 is 19.4 Å². The van der Waals surface area contributed by atoms with Crippen LogP contribution >= 0.6 is 11.6 Å². The van der Waals surface area contributed by atoms with Gasteiger partial charge in [-0.05, 0) is 49.2 Å². The van der Waals surface area contributed by atoms with E-state index in [-0.39, 0.29) is 5.56 Å². The van der Waals surface area contributed by atoms with Crippen LogP contribution in [0.4, 0.5) is 5.69 Å². The molecule has 0 fully saturated rings. The van der Waals surface area contributed by atoms with Gasteiger partial charge in [-0.15, -0.1) is 0 Å². The number of imidazole rings is 1. The Hall–Kier alpha value is -4.30. The number of aliphatic carboxylic acids is 1. The first-order valence-electron chi connectivity index (χ1n) is 12.6. The quantitative estimate of drug-likeness (QED) is 0.323. The molecular weight excluding hydrogens is 516 g/mol. The Labute approximate surface area is 231 Å². The first-order valence-corrected chi connectivity index (χ1v) is 13.0. The Balaban J connectivity index is 1.39. The molecule has 0 bridgehead atoms. The monoisotopic (exact) mass is 544 g/mol. The standard InChI is InChI=1S/C30H29ClN4O4/c1-20-6-8-21(9-7-20)17-35-19-32-16-24(35)18-34-14-15-39-27-25(4-3-5-26(27)34)28(36)33-30(2,29(37)38)22-10-12-23(31)13-11-22/h3-13,16,19H,14-15,17-18H2,1-2H3,(H,33,36)(H,37,38).